The zero-order valence-corrected chi connectivity index (χ0v) is 10.0. The molecule has 0 atom stereocenters. The zero-order chi connectivity index (χ0) is 11.0. The Hall–Kier alpha value is -1.32. The maximum Gasteiger partial charge on any atom is 0.0961 e. The van der Waals surface area contributed by atoms with Gasteiger partial charge in [0, 0.05) is 10.9 Å². The lowest BCUT2D eigenvalue weighted by Gasteiger charge is -2.02. The van der Waals surface area contributed by atoms with Crippen molar-refractivity contribution >= 4 is 34.0 Å². The molecule has 2 heterocycles. The molecule has 16 heavy (non-hydrogen) atoms. The quantitative estimate of drug-likeness (QED) is 0.675. The first kappa shape index (κ1) is 9.87. The third-order valence-electron chi connectivity index (χ3n) is 2.56. The number of benzene rings is 1. The van der Waals surface area contributed by atoms with Crippen molar-refractivity contribution in [3.63, 3.8) is 0 Å². The molecule has 0 aliphatic heterocycles. The molecule has 3 rings (SSSR count). The van der Waals surface area contributed by atoms with E-state index in [0.29, 0.717) is 0 Å². The summed E-state index contributed by atoms with van der Waals surface area (Å²) in [6, 6.07) is 8.11. The van der Waals surface area contributed by atoms with Crippen LogP contribution in [0.1, 0.15) is 5.56 Å². The minimum absolute atomic E-state index is 0.781. The summed E-state index contributed by atoms with van der Waals surface area (Å²) in [6.07, 6.45) is 1.86. The number of halogens is 1. The average Bonchev–Trinajstić information content (AvgIpc) is 2.88. The number of hydrogen-bond acceptors (Lipinski definition) is 2. The number of thiophene rings is 1. The number of hydrogen-bond donors (Lipinski definition) is 0. The molecule has 3 aromatic rings. The third kappa shape index (κ3) is 1.62. The van der Waals surface area contributed by atoms with Crippen molar-refractivity contribution in [1.29, 1.82) is 0 Å². The zero-order valence-electron chi connectivity index (χ0n) is 8.43. The molecule has 2 aromatic heterocycles. The van der Waals surface area contributed by atoms with Crippen LogP contribution in [0.15, 0.2) is 41.4 Å². The van der Waals surface area contributed by atoms with Gasteiger partial charge in [-0.3, -0.25) is 0 Å². The van der Waals surface area contributed by atoms with Crippen molar-refractivity contribution in [2.75, 3.05) is 0 Å². The molecule has 0 saturated carbocycles. The lowest BCUT2D eigenvalue weighted by atomic mass is 10.3. The summed E-state index contributed by atoms with van der Waals surface area (Å²) in [5.74, 6) is 0. The molecular formula is C12H9ClN2S. The molecule has 0 bridgehead atoms. The van der Waals surface area contributed by atoms with Crippen molar-refractivity contribution in [2.24, 2.45) is 0 Å². The van der Waals surface area contributed by atoms with E-state index < -0.39 is 0 Å². The Bertz CT molecular complexity index is 627. The van der Waals surface area contributed by atoms with Gasteiger partial charge in [-0.1, -0.05) is 23.7 Å². The van der Waals surface area contributed by atoms with Crippen LogP contribution in [0.3, 0.4) is 0 Å². The van der Waals surface area contributed by atoms with Gasteiger partial charge in [-0.05, 0) is 17.5 Å². The highest BCUT2D eigenvalue weighted by molar-refractivity contribution is 7.08. The molecule has 2 nitrogen and oxygen atoms in total. The molecule has 0 aliphatic carbocycles. The average molecular weight is 249 g/mol. The lowest BCUT2D eigenvalue weighted by Crippen LogP contribution is -1.96. The van der Waals surface area contributed by atoms with Crippen LogP contribution >= 0.6 is 22.9 Å². The molecule has 80 valence electrons. The first-order chi connectivity index (χ1) is 7.84. The van der Waals surface area contributed by atoms with Gasteiger partial charge in [-0.15, -0.1) is 0 Å². The fraction of sp³-hybridized carbons (Fsp3) is 0.0833. The van der Waals surface area contributed by atoms with E-state index in [9.17, 15) is 0 Å². The number of nitrogens with zero attached hydrogens (tertiary/aromatic N) is 2. The number of imidazole rings is 1. The molecule has 0 N–H and O–H groups in total. The van der Waals surface area contributed by atoms with Gasteiger partial charge < -0.3 is 4.57 Å². The Morgan fingerprint density at radius 1 is 1.25 bits per heavy atom. The van der Waals surface area contributed by atoms with Crippen molar-refractivity contribution in [2.45, 2.75) is 6.54 Å². The fourth-order valence-electron chi connectivity index (χ4n) is 1.74. The Morgan fingerprint density at radius 3 is 2.94 bits per heavy atom. The highest BCUT2D eigenvalue weighted by Gasteiger charge is 2.05. The molecule has 0 saturated heterocycles. The Balaban J connectivity index is 2.04. The first-order valence-electron chi connectivity index (χ1n) is 4.95. The van der Waals surface area contributed by atoms with E-state index in [1.807, 2.05) is 29.9 Å². The topological polar surface area (TPSA) is 17.8 Å². The van der Waals surface area contributed by atoms with Gasteiger partial charge >= 0.3 is 0 Å². The minimum atomic E-state index is 0.781. The van der Waals surface area contributed by atoms with Gasteiger partial charge in [0.1, 0.15) is 0 Å². The van der Waals surface area contributed by atoms with Gasteiger partial charge in [-0.25, -0.2) is 4.98 Å². The summed E-state index contributed by atoms with van der Waals surface area (Å²) < 4.78 is 2.11. The molecular weight excluding hydrogens is 240 g/mol. The van der Waals surface area contributed by atoms with E-state index in [-0.39, 0.29) is 0 Å². The van der Waals surface area contributed by atoms with Crippen LogP contribution in [0.25, 0.3) is 11.0 Å². The molecule has 1 aromatic carbocycles. The van der Waals surface area contributed by atoms with Gasteiger partial charge in [0.05, 0.1) is 28.9 Å². The predicted octanol–water partition coefficient (Wildman–Crippen LogP) is 3.80. The number of aromatic nitrogens is 2. The molecule has 0 unspecified atom stereocenters. The SMILES string of the molecule is Clc1cscc1Cn1cnc2ccccc21. The van der Waals surface area contributed by atoms with Gasteiger partial charge in [0.2, 0.25) is 0 Å². The van der Waals surface area contributed by atoms with E-state index in [4.69, 9.17) is 11.6 Å². The van der Waals surface area contributed by atoms with Crippen LogP contribution in [-0.4, -0.2) is 9.55 Å². The van der Waals surface area contributed by atoms with Crippen LogP contribution < -0.4 is 0 Å². The summed E-state index contributed by atoms with van der Waals surface area (Å²) in [4.78, 5) is 4.35. The van der Waals surface area contributed by atoms with Crippen molar-refractivity contribution in [3.8, 4) is 0 Å². The highest BCUT2D eigenvalue weighted by atomic mass is 35.5. The van der Waals surface area contributed by atoms with Crippen molar-refractivity contribution in [3.05, 3.63) is 51.9 Å². The van der Waals surface area contributed by atoms with Crippen LogP contribution in [0, 0.1) is 0 Å². The largest absolute Gasteiger partial charge is 0.326 e. The molecule has 0 aliphatic rings. The van der Waals surface area contributed by atoms with E-state index in [1.165, 1.54) is 0 Å². The van der Waals surface area contributed by atoms with E-state index in [1.54, 1.807) is 11.3 Å². The molecule has 0 radical (unpaired) electrons. The summed E-state index contributed by atoms with van der Waals surface area (Å²) in [7, 11) is 0. The number of rotatable bonds is 2. The van der Waals surface area contributed by atoms with Crippen LogP contribution in [0.5, 0.6) is 0 Å². The molecule has 0 fully saturated rings. The maximum absolute atomic E-state index is 6.08. The first-order valence-corrected chi connectivity index (χ1v) is 6.27. The Morgan fingerprint density at radius 2 is 2.12 bits per heavy atom. The Labute approximate surface area is 102 Å². The maximum atomic E-state index is 6.08. The second kappa shape index (κ2) is 3.92. The number of fused-ring (bicyclic) bond motifs is 1. The van der Waals surface area contributed by atoms with Crippen LogP contribution in [-0.2, 0) is 6.54 Å². The van der Waals surface area contributed by atoms with E-state index in [2.05, 4.69) is 21.0 Å². The van der Waals surface area contributed by atoms with Gasteiger partial charge in [-0.2, -0.15) is 11.3 Å². The smallest absolute Gasteiger partial charge is 0.0961 e. The minimum Gasteiger partial charge on any atom is -0.326 e. The Kier molecular flexibility index (Phi) is 2.42. The fourth-order valence-corrected chi connectivity index (χ4v) is 2.78. The van der Waals surface area contributed by atoms with Crippen molar-refractivity contribution in [1.82, 2.24) is 9.55 Å². The number of para-hydroxylation sites is 2. The lowest BCUT2D eigenvalue weighted by molar-refractivity contribution is 0.828. The second-order valence-electron chi connectivity index (χ2n) is 3.61. The predicted molar refractivity (Wildman–Crippen MR) is 68.2 cm³/mol. The summed E-state index contributed by atoms with van der Waals surface area (Å²) >= 11 is 7.71. The van der Waals surface area contributed by atoms with Gasteiger partial charge in [0.15, 0.2) is 0 Å². The van der Waals surface area contributed by atoms with E-state index >= 15 is 0 Å². The highest BCUT2D eigenvalue weighted by Crippen LogP contribution is 2.23. The van der Waals surface area contributed by atoms with Crippen LogP contribution in [0.4, 0.5) is 0 Å². The third-order valence-corrected chi connectivity index (χ3v) is 3.83. The molecule has 0 amide bonds. The summed E-state index contributed by atoms with van der Waals surface area (Å²) in [6.45, 7) is 0.781. The normalized spacial score (nSPS) is 11.1. The summed E-state index contributed by atoms with van der Waals surface area (Å²) in [5.41, 5.74) is 3.31. The van der Waals surface area contributed by atoms with E-state index in [0.717, 1.165) is 28.2 Å². The van der Waals surface area contributed by atoms with Crippen LogP contribution in [0.2, 0.25) is 5.02 Å². The molecule has 0 spiro atoms. The second-order valence-corrected chi connectivity index (χ2v) is 4.76. The summed E-state index contributed by atoms with van der Waals surface area (Å²) in [5, 5.41) is 4.87. The van der Waals surface area contributed by atoms with Gasteiger partial charge in [0.25, 0.3) is 0 Å². The molecule has 4 heteroatoms. The standard InChI is InChI=1S/C12H9ClN2S/c13-10-7-16-6-9(10)5-15-8-14-11-3-1-2-4-12(11)15/h1-4,6-8H,5H2. The van der Waals surface area contributed by atoms with Crippen molar-refractivity contribution < 1.29 is 0 Å². The monoisotopic (exact) mass is 248 g/mol.